The van der Waals surface area contributed by atoms with Crippen LogP contribution in [0.1, 0.15) is 15.9 Å². The lowest BCUT2D eigenvalue weighted by atomic mass is 10.1. The van der Waals surface area contributed by atoms with Gasteiger partial charge in [0.15, 0.2) is 11.5 Å². The normalized spacial score (nSPS) is 10.2. The van der Waals surface area contributed by atoms with E-state index in [1.165, 1.54) is 6.07 Å². The number of anilines is 1. The second-order valence-corrected chi connectivity index (χ2v) is 6.13. The van der Waals surface area contributed by atoms with Gasteiger partial charge in [-0.15, -0.1) is 0 Å². The molecule has 0 atom stereocenters. The number of carbonyl (C=O) groups excluding carboxylic acids is 2. The van der Waals surface area contributed by atoms with Crippen molar-refractivity contribution in [3.05, 3.63) is 52.5 Å². The molecule has 0 fully saturated rings. The predicted octanol–water partition coefficient (Wildman–Crippen LogP) is 2.23. The van der Waals surface area contributed by atoms with Crippen molar-refractivity contribution in [1.29, 1.82) is 0 Å². The molecule has 2 amide bonds. The van der Waals surface area contributed by atoms with Crippen molar-refractivity contribution in [2.75, 3.05) is 32.6 Å². The summed E-state index contributed by atoms with van der Waals surface area (Å²) in [7, 11) is 3.15. The Bertz CT molecular complexity index is 827. The van der Waals surface area contributed by atoms with Crippen molar-refractivity contribution in [2.24, 2.45) is 5.73 Å². The number of halogens is 1. The van der Waals surface area contributed by atoms with Crippen molar-refractivity contribution in [2.45, 2.75) is 6.42 Å². The number of hydrogen-bond acceptors (Lipinski definition) is 5. The average Bonchev–Trinajstić information content (AvgIpc) is 2.66. The van der Waals surface area contributed by atoms with E-state index in [1.807, 2.05) is 18.2 Å². The molecule has 0 saturated heterocycles. The van der Waals surface area contributed by atoms with Gasteiger partial charge in [-0.3, -0.25) is 9.59 Å². The van der Waals surface area contributed by atoms with Gasteiger partial charge < -0.3 is 25.8 Å². The fraction of sp³-hybridized carbons (Fsp3) is 0.263. The van der Waals surface area contributed by atoms with Gasteiger partial charge in [0.2, 0.25) is 5.91 Å². The minimum atomic E-state index is -0.617. The lowest BCUT2D eigenvalue weighted by Crippen LogP contribution is -2.31. The smallest absolute Gasteiger partial charge is 0.250 e. The van der Waals surface area contributed by atoms with E-state index in [-0.39, 0.29) is 18.0 Å². The molecular formula is C19H22ClN3O4. The predicted molar refractivity (Wildman–Crippen MR) is 105 cm³/mol. The number of ether oxygens (including phenoxy) is 2. The van der Waals surface area contributed by atoms with Crippen LogP contribution in [0.5, 0.6) is 11.5 Å². The molecule has 0 heterocycles. The van der Waals surface area contributed by atoms with Crippen molar-refractivity contribution < 1.29 is 19.1 Å². The van der Waals surface area contributed by atoms with Crippen molar-refractivity contribution in [1.82, 2.24) is 5.32 Å². The zero-order valence-electron chi connectivity index (χ0n) is 15.2. The molecule has 0 aromatic heterocycles. The van der Waals surface area contributed by atoms with Crippen LogP contribution in [0.4, 0.5) is 5.69 Å². The summed E-state index contributed by atoms with van der Waals surface area (Å²) in [5.74, 6) is 0.474. The van der Waals surface area contributed by atoms with Crippen LogP contribution >= 0.6 is 11.6 Å². The fourth-order valence-corrected chi connectivity index (χ4v) is 2.67. The van der Waals surface area contributed by atoms with Gasteiger partial charge in [-0.1, -0.05) is 17.7 Å². The zero-order chi connectivity index (χ0) is 19.8. The van der Waals surface area contributed by atoms with Crippen LogP contribution in [0.15, 0.2) is 36.4 Å². The highest BCUT2D eigenvalue weighted by Crippen LogP contribution is 2.27. The quantitative estimate of drug-likeness (QED) is 0.608. The van der Waals surface area contributed by atoms with Gasteiger partial charge >= 0.3 is 0 Å². The molecule has 0 bridgehead atoms. The maximum absolute atomic E-state index is 12.0. The number of nitrogens with two attached hydrogens (primary N) is 1. The van der Waals surface area contributed by atoms with Crippen LogP contribution in [0, 0.1) is 0 Å². The standard InChI is InChI=1S/C19H22ClN3O4/c1-26-16-6-3-12(9-17(16)27-2)7-8-22-18(24)11-23-15-5-4-13(20)10-14(15)19(21)25/h3-6,9-10,23H,7-8,11H2,1-2H3,(H2,21,25)(H,22,24). The molecule has 0 spiro atoms. The van der Waals surface area contributed by atoms with E-state index in [2.05, 4.69) is 10.6 Å². The molecule has 0 aliphatic carbocycles. The first kappa shape index (κ1) is 20.4. The number of rotatable bonds is 9. The summed E-state index contributed by atoms with van der Waals surface area (Å²) in [6.07, 6.45) is 0.638. The Labute approximate surface area is 162 Å². The molecule has 0 unspecified atom stereocenters. The van der Waals surface area contributed by atoms with Crippen molar-refractivity contribution in [3.63, 3.8) is 0 Å². The molecule has 4 N–H and O–H groups in total. The molecule has 27 heavy (non-hydrogen) atoms. The van der Waals surface area contributed by atoms with E-state index in [0.29, 0.717) is 35.2 Å². The van der Waals surface area contributed by atoms with Gasteiger partial charge in [-0.05, 0) is 42.3 Å². The van der Waals surface area contributed by atoms with Crippen LogP contribution in [-0.2, 0) is 11.2 Å². The van der Waals surface area contributed by atoms with Crippen molar-refractivity contribution >= 4 is 29.1 Å². The number of amides is 2. The Kier molecular flexibility index (Phi) is 7.31. The monoisotopic (exact) mass is 391 g/mol. The van der Waals surface area contributed by atoms with Crippen LogP contribution in [0.3, 0.4) is 0 Å². The van der Waals surface area contributed by atoms with E-state index >= 15 is 0 Å². The van der Waals surface area contributed by atoms with E-state index in [1.54, 1.807) is 26.4 Å². The van der Waals surface area contributed by atoms with Crippen LogP contribution in [0.25, 0.3) is 0 Å². The first-order chi connectivity index (χ1) is 12.9. The summed E-state index contributed by atoms with van der Waals surface area (Å²) in [5, 5.41) is 6.10. The number of nitrogens with one attached hydrogen (secondary N) is 2. The number of carbonyl (C=O) groups is 2. The molecule has 8 heteroatoms. The second-order valence-electron chi connectivity index (χ2n) is 5.70. The molecule has 0 radical (unpaired) electrons. The Morgan fingerprint density at radius 3 is 2.48 bits per heavy atom. The van der Waals surface area contributed by atoms with Gasteiger partial charge in [0.1, 0.15) is 0 Å². The van der Waals surface area contributed by atoms with Gasteiger partial charge in [-0.2, -0.15) is 0 Å². The number of benzene rings is 2. The first-order valence-electron chi connectivity index (χ1n) is 8.25. The van der Waals surface area contributed by atoms with Gasteiger partial charge in [-0.25, -0.2) is 0 Å². The third-order valence-corrected chi connectivity index (χ3v) is 4.11. The highest BCUT2D eigenvalue weighted by molar-refractivity contribution is 6.31. The second kappa shape index (κ2) is 9.68. The number of methoxy groups -OCH3 is 2. The van der Waals surface area contributed by atoms with E-state index in [9.17, 15) is 9.59 Å². The SMILES string of the molecule is COc1ccc(CCNC(=O)CNc2ccc(Cl)cc2C(N)=O)cc1OC. The summed E-state index contributed by atoms with van der Waals surface area (Å²) in [6, 6.07) is 10.3. The highest BCUT2D eigenvalue weighted by Gasteiger charge is 2.10. The van der Waals surface area contributed by atoms with Gasteiger partial charge in [0, 0.05) is 17.3 Å². The molecule has 2 rings (SSSR count). The Morgan fingerprint density at radius 1 is 1.07 bits per heavy atom. The summed E-state index contributed by atoms with van der Waals surface area (Å²) in [6.45, 7) is 0.465. The minimum absolute atomic E-state index is 0.00778. The first-order valence-corrected chi connectivity index (χ1v) is 8.63. The molecular weight excluding hydrogens is 370 g/mol. The topological polar surface area (TPSA) is 103 Å². The molecule has 0 aliphatic heterocycles. The van der Waals surface area contributed by atoms with Gasteiger partial charge in [0.25, 0.3) is 5.91 Å². The zero-order valence-corrected chi connectivity index (χ0v) is 15.9. The molecule has 144 valence electrons. The summed E-state index contributed by atoms with van der Waals surface area (Å²) in [4.78, 5) is 23.5. The number of hydrogen-bond donors (Lipinski definition) is 3. The lowest BCUT2D eigenvalue weighted by Gasteiger charge is -2.12. The molecule has 2 aromatic carbocycles. The third kappa shape index (κ3) is 5.79. The van der Waals surface area contributed by atoms with Crippen LogP contribution in [-0.4, -0.2) is 39.1 Å². The van der Waals surface area contributed by atoms with E-state index in [0.717, 1.165) is 5.56 Å². The molecule has 0 saturated carbocycles. The fourth-order valence-electron chi connectivity index (χ4n) is 2.49. The highest BCUT2D eigenvalue weighted by atomic mass is 35.5. The Balaban J connectivity index is 1.84. The summed E-state index contributed by atoms with van der Waals surface area (Å²) in [5.41, 5.74) is 7.03. The lowest BCUT2D eigenvalue weighted by molar-refractivity contribution is -0.119. The maximum Gasteiger partial charge on any atom is 0.250 e. The van der Waals surface area contributed by atoms with Crippen LogP contribution < -0.4 is 25.8 Å². The Hall–Kier alpha value is -2.93. The minimum Gasteiger partial charge on any atom is -0.493 e. The third-order valence-electron chi connectivity index (χ3n) is 3.87. The number of primary amides is 1. The largest absolute Gasteiger partial charge is 0.493 e. The van der Waals surface area contributed by atoms with E-state index < -0.39 is 5.91 Å². The maximum atomic E-state index is 12.0. The van der Waals surface area contributed by atoms with Crippen molar-refractivity contribution in [3.8, 4) is 11.5 Å². The average molecular weight is 392 g/mol. The summed E-state index contributed by atoms with van der Waals surface area (Å²) >= 11 is 5.86. The Morgan fingerprint density at radius 2 is 1.81 bits per heavy atom. The van der Waals surface area contributed by atoms with E-state index in [4.69, 9.17) is 26.8 Å². The van der Waals surface area contributed by atoms with Crippen LogP contribution in [0.2, 0.25) is 5.02 Å². The summed E-state index contributed by atoms with van der Waals surface area (Å²) < 4.78 is 10.5. The molecule has 0 aliphatic rings. The van der Waals surface area contributed by atoms with Gasteiger partial charge in [0.05, 0.1) is 26.3 Å². The molecule has 7 nitrogen and oxygen atoms in total. The molecule has 2 aromatic rings.